The molecule has 0 unspecified atom stereocenters. The highest BCUT2D eigenvalue weighted by Gasteiger charge is 2.51. The topological polar surface area (TPSA) is 76.1 Å². The highest BCUT2D eigenvalue weighted by molar-refractivity contribution is 7.92. The van der Waals surface area contributed by atoms with E-state index in [1.54, 1.807) is 44.2 Å². The van der Waals surface area contributed by atoms with Gasteiger partial charge in [-0.3, -0.25) is 4.79 Å². The van der Waals surface area contributed by atoms with Crippen LogP contribution in [-0.4, -0.2) is 24.6 Å². The number of sulfone groups is 1. The number of carbonyl (C=O) groups is 1. The van der Waals surface area contributed by atoms with Gasteiger partial charge in [0.15, 0.2) is 9.84 Å². The van der Waals surface area contributed by atoms with Crippen molar-refractivity contribution in [2.24, 2.45) is 0 Å². The minimum atomic E-state index is -3.31. The van der Waals surface area contributed by atoms with Crippen LogP contribution in [0.2, 0.25) is 0 Å². The third-order valence-corrected chi connectivity index (χ3v) is 7.77. The molecule has 0 spiro atoms. The number of benzene rings is 2. The summed E-state index contributed by atoms with van der Waals surface area (Å²) in [6.07, 6.45) is 1.66. The van der Waals surface area contributed by atoms with E-state index in [0.717, 1.165) is 24.0 Å². The first-order valence-corrected chi connectivity index (χ1v) is 11.6. The number of aromatic nitrogens is 1. The quantitative estimate of drug-likeness (QED) is 0.632. The molecule has 1 fully saturated rings. The fourth-order valence-corrected chi connectivity index (χ4v) is 4.58. The molecule has 2 aromatic carbocycles. The van der Waals surface area contributed by atoms with Crippen LogP contribution in [0.4, 0.5) is 5.82 Å². The fraction of sp³-hybridized carbons (Fsp3) is 0.250. The number of nitrogens with one attached hydrogen (secondary N) is 1. The van der Waals surface area contributed by atoms with Crippen LogP contribution in [0.1, 0.15) is 32.3 Å². The number of amides is 1. The van der Waals surface area contributed by atoms with Crippen LogP contribution in [0, 0.1) is 0 Å². The Hall–Kier alpha value is -2.99. The Labute approximate surface area is 177 Å². The number of carbonyl (C=O) groups excluding carboxylic acids is 1. The molecule has 0 aliphatic heterocycles. The standard InChI is InChI=1S/C24H24N2O3S/c1-17(2)30(28,29)20-13-11-18(12-14-20)21-9-6-10-22(25-21)26-23(27)24(15-16-24)19-7-4-3-5-8-19/h3-14,17H,15-16H2,1-2H3,(H,25,26,27). The number of nitrogens with zero attached hydrogens (tertiary/aromatic N) is 1. The molecule has 6 heteroatoms. The zero-order chi connectivity index (χ0) is 21.4. The third-order valence-electron chi connectivity index (χ3n) is 5.60. The summed E-state index contributed by atoms with van der Waals surface area (Å²) in [6.45, 7) is 3.33. The van der Waals surface area contributed by atoms with E-state index < -0.39 is 20.5 Å². The van der Waals surface area contributed by atoms with Crippen LogP contribution >= 0.6 is 0 Å². The number of anilines is 1. The summed E-state index contributed by atoms with van der Waals surface area (Å²) in [5.74, 6) is 0.440. The van der Waals surface area contributed by atoms with E-state index in [0.29, 0.717) is 16.4 Å². The minimum absolute atomic E-state index is 0.0447. The zero-order valence-electron chi connectivity index (χ0n) is 17.0. The average Bonchev–Trinajstić information content (AvgIpc) is 3.57. The van der Waals surface area contributed by atoms with E-state index in [9.17, 15) is 13.2 Å². The van der Waals surface area contributed by atoms with Gasteiger partial charge < -0.3 is 5.32 Å². The number of hydrogen-bond donors (Lipinski definition) is 1. The molecule has 30 heavy (non-hydrogen) atoms. The molecule has 0 radical (unpaired) electrons. The van der Waals surface area contributed by atoms with Crippen molar-refractivity contribution < 1.29 is 13.2 Å². The molecular formula is C24H24N2O3S. The maximum atomic E-state index is 12.9. The van der Waals surface area contributed by atoms with Crippen LogP contribution in [0.15, 0.2) is 77.7 Å². The fourth-order valence-electron chi connectivity index (χ4n) is 3.52. The van der Waals surface area contributed by atoms with Crippen molar-refractivity contribution in [2.45, 2.75) is 42.2 Å². The molecule has 1 aliphatic carbocycles. The first-order valence-electron chi connectivity index (χ1n) is 10.0. The van der Waals surface area contributed by atoms with Gasteiger partial charge in [0.05, 0.1) is 21.3 Å². The average molecular weight is 421 g/mol. The van der Waals surface area contributed by atoms with Crippen molar-refractivity contribution in [2.75, 3.05) is 5.32 Å². The molecule has 1 aliphatic rings. The van der Waals surface area contributed by atoms with Gasteiger partial charge in [-0.1, -0.05) is 48.5 Å². The molecule has 1 amide bonds. The van der Waals surface area contributed by atoms with Gasteiger partial charge in [0, 0.05) is 5.56 Å². The lowest BCUT2D eigenvalue weighted by Crippen LogP contribution is -2.28. The van der Waals surface area contributed by atoms with Crippen LogP contribution in [-0.2, 0) is 20.0 Å². The van der Waals surface area contributed by atoms with Crippen molar-refractivity contribution >= 4 is 21.6 Å². The van der Waals surface area contributed by atoms with Gasteiger partial charge in [-0.05, 0) is 56.5 Å². The van der Waals surface area contributed by atoms with Crippen molar-refractivity contribution in [3.63, 3.8) is 0 Å². The highest BCUT2D eigenvalue weighted by atomic mass is 32.2. The smallest absolute Gasteiger partial charge is 0.236 e. The summed E-state index contributed by atoms with van der Waals surface area (Å²) in [5, 5.41) is 2.49. The molecule has 0 bridgehead atoms. The maximum absolute atomic E-state index is 12.9. The molecule has 1 heterocycles. The number of pyridine rings is 1. The normalized spacial score (nSPS) is 15.0. The van der Waals surface area contributed by atoms with Crippen molar-refractivity contribution in [1.29, 1.82) is 0 Å². The molecule has 1 N–H and O–H groups in total. The first-order chi connectivity index (χ1) is 14.3. The molecule has 4 rings (SSSR count). The second-order valence-electron chi connectivity index (χ2n) is 7.93. The minimum Gasteiger partial charge on any atom is -0.310 e. The summed E-state index contributed by atoms with van der Waals surface area (Å²) in [5.41, 5.74) is 2.02. The van der Waals surface area contributed by atoms with Crippen molar-refractivity contribution in [3.8, 4) is 11.3 Å². The third kappa shape index (κ3) is 3.75. The SMILES string of the molecule is CC(C)S(=O)(=O)c1ccc(-c2cccc(NC(=O)C3(c4ccccc4)CC3)n2)cc1. The molecule has 1 saturated carbocycles. The van der Waals surface area contributed by atoms with E-state index in [4.69, 9.17) is 0 Å². The highest BCUT2D eigenvalue weighted by Crippen LogP contribution is 2.48. The number of rotatable bonds is 6. The largest absolute Gasteiger partial charge is 0.310 e. The summed E-state index contributed by atoms with van der Waals surface area (Å²) in [6, 6.07) is 22.0. The van der Waals surface area contributed by atoms with E-state index in [2.05, 4.69) is 10.3 Å². The van der Waals surface area contributed by atoms with E-state index in [-0.39, 0.29) is 5.91 Å². The predicted molar refractivity (Wildman–Crippen MR) is 118 cm³/mol. The van der Waals surface area contributed by atoms with Crippen molar-refractivity contribution in [1.82, 2.24) is 4.98 Å². The van der Waals surface area contributed by atoms with E-state index >= 15 is 0 Å². The zero-order valence-corrected chi connectivity index (χ0v) is 17.8. The lowest BCUT2D eigenvalue weighted by molar-refractivity contribution is -0.118. The molecule has 0 atom stereocenters. The van der Waals surface area contributed by atoms with Gasteiger partial charge >= 0.3 is 0 Å². The van der Waals surface area contributed by atoms with Gasteiger partial charge in [0.2, 0.25) is 5.91 Å². The Balaban J connectivity index is 1.54. The Morgan fingerprint density at radius 1 is 0.933 bits per heavy atom. The van der Waals surface area contributed by atoms with Gasteiger partial charge in [0.1, 0.15) is 5.82 Å². The summed E-state index contributed by atoms with van der Waals surface area (Å²) in [4.78, 5) is 17.8. The Bertz CT molecular complexity index is 1170. The predicted octanol–water partition coefficient (Wildman–Crippen LogP) is 4.60. The lowest BCUT2D eigenvalue weighted by Gasteiger charge is -2.15. The van der Waals surface area contributed by atoms with Crippen LogP contribution in [0.3, 0.4) is 0 Å². The van der Waals surface area contributed by atoms with E-state index in [1.165, 1.54) is 0 Å². The first kappa shape index (κ1) is 20.3. The summed E-state index contributed by atoms with van der Waals surface area (Å²) >= 11 is 0. The molecule has 3 aromatic rings. The molecule has 1 aromatic heterocycles. The second-order valence-corrected chi connectivity index (χ2v) is 10.4. The Kier molecular flexibility index (Phi) is 5.20. The van der Waals surface area contributed by atoms with Gasteiger partial charge in [-0.15, -0.1) is 0 Å². The molecule has 5 nitrogen and oxygen atoms in total. The van der Waals surface area contributed by atoms with Gasteiger partial charge in [0.25, 0.3) is 0 Å². The van der Waals surface area contributed by atoms with E-state index in [1.807, 2.05) is 42.5 Å². The van der Waals surface area contributed by atoms with Gasteiger partial charge in [-0.2, -0.15) is 0 Å². The summed E-state index contributed by atoms with van der Waals surface area (Å²) in [7, 11) is -3.31. The number of hydrogen-bond acceptors (Lipinski definition) is 4. The van der Waals surface area contributed by atoms with Gasteiger partial charge in [-0.25, -0.2) is 13.4 Å². The monoisotopic (exact) mass is 420 g/mol. The van der Waals surface area contributed by atoms with Crippen LogP contribution in [0.25, 0.3) is 11.3 Å². The molecular weight excluding hydrogens is 396 g/mol. The van der Waals surface area contributed by atoms with Crippen LogP contribution < -0.4 is 5.32 Å². The molecule has 0 saturated heterocycles. The molecule has 154 valence electrons. The van der Waals surface area contributed by atoms with Crippen molar-refractivity contribution in [3.05, 3.63) is 78.4 Å². The van der Waals surface area contributed by atoms with Crippen LogP contribution in [0.5, 0.6) is 0 Å². The summed E-state index contributed by atoms with van der Waals surface area (Å²) < 4.78 is 24.6. The Morgan fingerprint density at radius 2 is 1.60 bits per heavy atom. The Morgan fingerprint density at radius 3 is 2.20 bits per heavy atom. The lowest BCUT2D eigenvalue weighted by atomic mass is 9.95. The maximum Gasteiger partial charge on any atom is 0.236 e. The second kappa shape index (κ2) is 7.69.